The van der Waals surface area contributed by atoms with Crippen molar-refractivity contribution in [2.75, 3.05) is 7.11 Å². The van der Waals surface area contributed by atoms with Gasteiger partial charge in [-0.3, -0.25) is 4.79 Å². The Morgan fingerprint density at radius 2 is 1.62 bits per heavy atom. The molecular formula is C19H21N3O2. The Balaban J connectivity index is 0.00000118. The van der Waals surface area contributed by atoms with Crippen LogP contribution in [-0.4, -0.2) is 12.9 Å². The highest BCUT2D eigenvalue weighted by atomic mass is 16.5. The maximum atomic E-state index is 12.2. The Morgan fingerprint density at radius 1 is 1.17 bits per heavy atom. The highest BCUT2D eigenvalue weighted by Gasteiger charge is 2.36. The summed E-state index contributed by atoms with van der Waals surface area (Å²) in [6.45, 7) is 4.64. The molecule has 0 aliphatic carbocycles. The molecule has 0 fully saturated rings. The Bertz CT molecular complexity index is 640. The minimum Gasteiger partial charge on any atom is -0.497 e. The van der Waals surface area contributed by atoms with Gasteiger partial charge in [0.05, 0.1) is 30.7 Å². The molecule has 0 aliphatic rings. The summed E-state index contributed by atoms with van der Waals surface area (Å²) in [6.07, 6.45) is 2.63. The molecule has 1 aromatic carbocycles. The first kappa shape index (κ1) is 20.9. The van der Waals surface area contributed by atoms with Crippen molar-refractivity contribution in [2.24, 2.45) is 0 Å². The molecule has 0 spiro atoms. The van der Waals surface area contributed by atoms with Gasteiger partial charge in [-0.05, 0) is 37.5 Å². The molecule has 0 heterocycles. The van der Waals surface area contributed by atoms with Gasteiger partial charge in [-0.15, -0.1) is 0 Å². The van der Waals surface area contributed by atoms with Gasteiger partial charge in [-0.2, -0.15) is 15.8 Å². The molecule has 0 aliphatic heterocycles. The third-order valence-electron chi connectivity index (χ3n) is 3.73. The van der Waals surface area contributed by atoms with Crippen LogP contribution in [0.1, 0.15) is 38.2 Å². The van der Waals surface area contributed by atoms with E-state index in [1.54, 1.807) is 25.3 Å². The van der Waals surface area contributed by atoms with Gasteiger partial charge in [0, 0.05) is 18.9 Å². The molecule has 0 atom stereocenters. The van der Waals surface area contributed by atoms with Crippen LogP contribution in [0.15, 0.2) is 36.9 Å². The van der Waals surface area contributed by atoms with Crippen LogP contribution in [0, 0.1) is 34.0 Å². The molecule has 124 valence electrons. The van der Waals surface area contributed by atoms with Crippen molar-refractivity contribution in [3.63, 3.8) is 0 Å². The zero-order valence-corrected chi connectivity index (χ0v) is 14.1. The smallest absolute Gasteiger partial charge is 0.140 e. The average Bonchev–Trinajstić information content (AvgIpc) is 2.62. The van der Waals surface area contributed by atoms with Crippen LogP contribution in [0.25, 0.3) is 0 Å². The van der Waals surface area contributed by atoms with E-state index < -0.39 is 5.41 Å². The molecule has 0 unspecified atom stereocenters. The van der Waals surface area contributed by atoms with Crippen LogP contribution >= 0.6 is 0 Å². The summed E-state index contributed by atoms with van der Waals surface area (Å²) in [5.41, 5.74) is 0.0915. The number of rotatable bonds is 7. The van der Waals surface area contributed by atoms with Crippen molar-refractivity contribution >= 4 is 5.78 Å². The number of benzene rings is 1. The third-order valence-corrected chi connectivity index (χ3v) is 3.73. The number of nitriles is 3. The minimum atomic E-state index is -0.752. The number of ketones is 1. The van der Waals surface area contributed by atoms with Crippen molar-refractivity contribution in [3.8, 4) is 24.0 Å². The van der Waals surface area contributed by atoms with E-state index in [0.717, 1.165) is 5.56 Å². The number of methoxy groups -OCH3 is 1. The van der Waals surface area contributed by atoms with E-state index in [4.69, 9.17) is 20.5 Å². The molecule has 1 aromatic rings. The van der Waals surface area contributed by atoms with Crippen molar-refractivity contribution in [3.05, 3.63) is 42.5 Å². The molecule has 5 nitrogen and oxygen atoms in total. The number of allylic oxidation sites excluding steroid dienone is 1. The number of nitrogens with zero attached hydrogens (tertiary/aromatic N) is 3. The topological polar surface area (TPSA) is 97.7 Å². The van der Waals surface area contributed by atoms with Crippen LogP contribution in [0.4, 0.5) is 0 Å². The van der Waals surface area contributed by atoms with E-state index in [-0.39, 0.29) is 18.6 Å². The van der Waals surface area contributed by atoms with Crippen molar-refractivity contribution < 1.29 is 9.53 Å². The Kier molecular flexibility index (Phi) is 9.98. The van der Waals surface area contributed by atoms with E-state index in [2.05, 4.69) is 18.7 Å². The lowest BCUT2D eigenvalue weighted by Gasteiger charge is -2.30. The van der Waals surface area contributed by atoms with Gasteiger partial charge in [0.2, 0.25) is 0 Å². The van der Waals surface area contributed by atoms with Crippen LogP contribution in [0.2, 0.25) is 0 Å². The van der Waals surface area contributed by atoms with Crippen LogP contribution in [0.5, 0.6) is 5.75 Å². The van der Waals surface area contributed by atoms with E-state index >= 15 is 0 Å². The lowest BCUT2D eigenvalue weighted by atomic mass is 9.70. The molecule has 0 bridgehead atoms. The summed E-state index contributed by atoms with van der Waals surface area (Å²) in [5.74, 6) is 0.708. The van der Waals surface area contributed by atoms with Crippen molar-refractivity contribution in [1.29, 1.82) is 15.8 Å². The number of Topliss-reactive ketones (excluding diaryl/α,β-unsaturated/α-hetero) is 1. The Hall–Kier alpha value is -3.10. The highest BCUT2D eigenvalue weighted by molar-refractivity contribution is 5.88. The Labute approximate surface area is 143 Å². The predicted octanol–water partition coefficient (Wildman–Crippen LogP) is 3.83. The lowest BCUT2D eigenvalue weighted by molar-refractivity contribution is -0.123. The largest absolute Gasteiger partial charge is 0.497 e. The first-order chi connectivity index (χ1) is 11.5. The molecule has 0 radical (unpaired) electrons. The summed E-state index contributed by atoms with van der Waals surface area (Å²) in [5, 5.41) is 25.1. The number of hydrogen-bond donors (Lipinski definition) is 0. The maximum absolute atomic E-state index is 12.2. The first-order valence-corrected chi connectivity index (χ1v) is 7.42. The second-order valence-electron chi connectivity index (χ2n) is 5.02. The zero-order valence-electron chi connectivity index (χ0n) is 14.1. The van der Waals surface area contributed by atoms with Crippen molar-refractivity contribution in [2.45, 2.75) is 38.0 Å². The van der Waals surface area contributed by atoms with Gasteiger partial charge in [-0.1, -0.05) is 18.7 Å². The van der Waals surface area contributed by atoms with Gasteiger partial charge in [0.25, 0.3) is 0 Å². The van der Waals surface area contributed by atoms with Gasteiger partial charge in [0.1, 0.15) is 11.5 Å². The minimum absolute atomic E-state index is 0.00633. The van der Waals surface area contributed by atoms with Gasteiger partial charge in [-0.25, -0.2) is 0 Å². The second-order valence-corrected chi connectivity index (χ2v) is 5.02. The summed E-state index contributed by atoms with van der Waals surface area (Å²) in [7, 11) is 1.58. The van der Waals surface area contributed by atoms with Gasteiger partial charge < -0.3 is 4.74 Å². The molecule has 5 heteroatoms. The molecule has 1 rings (SSSR count). The lowest BCUT2D eigenvalue weighted by Crippen LogP contribution is -2.34. The number of carbonyl (C=O) groups excluding carboxylic acids is 1. The summed E-state index contributed by atoms with van der Waals surface area (Å²) >= 11 is 0. The molecule has 24 heavy (non-hydrogen) atoms. The van der Waals surface area contributed by atoms with Gasteiger partial charge in [0.15, 0.2) is 0 Å². The van der Waals surface area contributed by atoms with Crippen LogP contribution < -0.4 is 4.74 Å². The summed E-state index contributed by atoms with van der Waals surface area (Å²) in [4.78, 5) is 12.2. The fraction of sp³-hybridized carbons (Fsp3) is 0.368. The molecule has 0 saturated heterocycles. The molecule has 0 aromatic heterocycles. The summed E-state index contributed by atoms with van der Waals surface area (Å²) < 4.78 is 5.11. The monoisotopic (exact) mass is 323 g/mol. The quantitative estimate of drug-likeness (QED) is 0.710. The standard InChI is InChI=1S/C16H18N2O2.C3H3N/c1-13(19)16(9-3-11-17,10-4-12-18)14-5-7-15(20-2)8-6-14;1-2-3-4/h5-8H,3-4,9-10H2,1-2H3;2H,1H2. The van der Waals surface area contributed by atoms with Crippen molar-refractivity contribution in [1.82, 2.24) is 0 Å². The van der Waals surface area contributed by atoms with E-state index in [9.17, 15) is 4.79 Å². The maximum Gasteiger partial charge on any atom is 0.140 e. The van der Waals surface area contributed by atoms with E-state index in [1.165, 1.54) is 13.0 Å². The third kappa shape index (κ3) is 5.95. The first-order valence-electron chi connectivity index (χ1n) is 7.42. The SMILES string of the molecule is C=CC#N.COc1ccc(C(CCC#N)(CCC#N)C(C)=O)cc1. The number of hydrogen-bond acceptors (Lipinski definition) is 5. The fourth-order valence-corrected chi connectivity index (χ4v) is 2.42. The highest BCUT2D eigenvalue weighted by Crippen LogP contribution is 2.36. The fourth-order valence-electron chi connectivity index (χ4n) is 2.42. The predicted molar refractivity (Wildman–Crippen MR) is 90.9 cm³/mol. The van der Waals surface area contributed by atoms with Gasteiger partial charge >= 0.3 is 0 Å². The molecule has 0 saturated carbocycles. The Morgan fingerprint density at radius 3 is 1.92 bits per heavy atom. The van der Waals surface area contributed by atoms with E-state index in [1.807, 2.05) is 12.1 Å². The molecule has 0 N–H and O–H groups in total. The molecular weight excluding hydrogens is 302 g/mol. The average molecular weight is 323 g/mol. The van der Waals surface area contributed by atoms with Crippen LogP contribution in [-0.2, 0) is 10.2 Å². The zero-order chi connectivity index (χ0) is 18.4. The van der Waals surface area contributed by atoms with E-state index in [0.29, 0.717) is 18.6 Å². The summed E-state index contributed by atoms with van der Waals surface area (Å²) in [6, 6.07) is 13.1. The number of carbonyl (C=O) groups is 1. The normalized spacial score (nSPS) is 9.29. The molecule has 0 amide bonds. The van der Waals surface area contributed by atoms with Crippen LogP contribution in [0.3, 0.4) is 0 Å². The number of ether oxygens (including phenoxy) is 1. The second kappa shape index (κ2) is 11.5.